The minimum absolute atomic E-state index is 0.270. The second-order valence-electron chi connectivity index (χ2n) is 6.40. The van der Waals surface area contributed by atoms with Crippen LogP contribution in [-0.2, 0) is 0 Å². The van der Waals surface area contributed by atoms with Crippen molar-refractivity contribution < 1.29 is 67.0 Å². The third-order valence-electron chi connectivity index (χ3n) is 4.13. The number of alkyl halides is 13. The number of Topliss-reactive ketones (excluding diaryl/α,β-unsaturated/α-hetero) is 1. The summed E-state index contributed by atoms with van der Waals surface area (Å²) in [5.74, 6) is -38.3. The molecule has 178 valence electrons. The summed E-state index contributed by atoms with van der Waals surface area (Å²) in [4.78, 5) is 11.2. The van der Waals surface area contributed by atoms with E-state index in [1.807, 2.05) is 0 Å². The summed E-state index contributed by atoms with van der Waals surface area (Å²) in [7, 11) is 0. The molecule has 0 aliphatic carbocycles. The molecule has 15 heteroatoms. The van der Waals surface area contributed by atoms with Gasteiger partial charge in [0.2, 0.25) is 0 Å². The highest BCUT2D eigenvalue weighted by molar-refractivity contribution is 5.94. The number of rotatable bonds is 8. The van der Waals surface area contributed by atoms with Crippen LogP contribution in [-0.4, -0.2) is 46.7 Å². The molecule has 31 heavy (non-hydrogen) atoms. The lowest BCUT2D eigenvalue weighted by molar-refractivity contribution is -0.440. The monoisotopic (exact) mass is 482 g/mol. The number of aliphatic hydroxyl groups excluding tert-OH is 1. The highest BCUT2D eigenvalue weighted by Crippen LogP contribution is 2.61. The highest BCUT2D eigenvalue weighted by atomic mass is 19.4. The third-order valence-corrected chi connectivity index (χ3v) is 4.13. The van der Waals surface area contributed by atoms with Gasteiger partial charge in [-0.05, 0) is 18.6 Å². The molecule has 0 aromatic heterocycles. The second-order valence-corrected chi connectivity index (χ2v) is 6.40. The van der Waals surface area contributed by atoms with Gasteiger partial charge in [-0.1, -0.05) is 18.2 Å². The largest absolute Gasteiger partial charge is 0.460 e. The SMILES string of the molecule is CC(=O)c1cccc(C(O)CC(F)(F)C(F)(F)C(F)(F)C(F)(F)C(F)(F)C(F)(F)F)c1. The molecule has 0 spiro atoms. The Kier molecular flexibility index (Phi) is 6.80. The number of carbonyl (C=O) groups excluding carboxylic acids is 1. The fourth-order valence-corrected chi connectivity index (χ4v) is 2.26. The van der Waals surface area contributed by atoms with Crippen LogP contribution in [0.4, 0.5) is 57.1 Å². The van der Waals surface area contributed by atoms with E-state index in [0.717, 1.165) is 25.1 Å². The first-order valence-corrected chi connectivity index (χ1v) is 7.79. The summed E-state index contributed by atoms with van der Waals surface area (Å²) in [6.07, 6.45) is -13.1. The number of halogens is 13. The van der Waals surface area contributed by atoms with Crippen molar-refractivity contribution in [3.63, 3.8) is 0 Å². The smallest absolute Gasteiger partial charge is 0.388 e. The van der Waals surface area contributed by atoms with E-state index in [4.69, 9.17) is 0 Å². The number of ketones is 1. The van der Waals surface area contributed by atoms with Crippen LogP contribution in [0.5, 0.6) is 0 Å². The zero-order valence-electron chi connectivity index (χ0n) is 14.9. The maximum Gasteiger partial charge on any atom is 0.460 e. The van der Waals surface area contributed by atoms with Gasteiger partial charge in [0.15, 0.2) is 5.78 Å². The number of hydrogen-bond acceptors (Lipinski definition) is 2. The molecule has 1 atom stereocenters. The summed E-state index contributed by atoms with van der Waals surface area (Å²) >= 11 is 0. The van der Waals surface area contributed by atoms with Crippen molar-refractivity contribution in [1.29, 1.82) is 0 Å². The minimum Gasteiger partial charge on any atom is -0.388 e. The lowest BCUT2D eigenvalue weighted by Crippen LogP contribution is -2.70. The number of aliphatic hydroxyl groups is 1. The number of benzene rings is 1. The van der Waals surface area contributed by atoms with Gasteiger partial charge in [-0.25, -0.2) is 0 Å². The van der Waals surface area contributed by atoms with Gasteiger partial charge in [0.25, 0.3) is 0 Å². The van der Waals surface area contributed by atoms with Gasteiger partial charge in [-0.2, -0.15) is 57.1 Å². The average Bonchev–Trinajstić information content (AvgIpc) is 2.59. The van der Waals surface area contributed by atoms with Gasteiger partial charge in [-0.15, -0.1) is 0 Å². The fraction of sp³-hybridized carbons (Fsp3) is 0.562. The van der Waals surface area contributed by atoms with Gasteiger partial charge in [0, 0.05) is 12.0 Å². The Morgan fingerprint density at radius 1 is 0.806 bits per heavy atom. The van der Waals surface area contributed by atoms with Crippen LogP contribution in [0.15, 0.2) is 24.3 Å². The van der Waals surface area contributed by atoms with Crippen molar-refractivity contribution in [2.24, 2.45) is 0 Å². The molecule has 2 nitrogen and oxygen atoms in total. The molecule has 0 amide bonds. The lowest BCUT2D eigenvalue weighted by Gasteiger charge is -2.40. The normalized spacial score (nSPS) is 15.7. The molecule has 1 N–H and O–H groups in total. The molecule has 0 aliphatic rings. The molecule has 1 rings (SSSR count). The van der Waals surface area contributed by atoms with E-state index in [1.165, 1.54) is 0 Å². The first-order chi connectivity index (χ1) is 13.5. The van der Waals surface area contributed by atoms with Crippen molar-refractivity contribution >= 4 is 5.78 Å². The quantitative estimate of drug-likeness (QED) is 0.362. The van der Waals surface area contributed by atoms with E-state index >= 15 is 0 Å². The van der Waals surface area contributed by atoms with Gasteiger partial charge >= 0.3 is 35.8 Å². The van der Waals surface area contributed by atoms with Crippen molar-refractivity contribution in [3.05, 3.63) is 35.4 Å². The van der Waals surface area contributed by atoms with Crippen molar-refractivity contribution in [2.75, 3.05) is 0 Å². The number of hydrogen-bond donors (Lipinski definition) is 1. The summed E-state index contributed by atoms with van der Waals surface area (Å²) in [6.45, 7) is 0.956. The summed E-state index contributed by atoms with van der Waals surface area (Å²) in [5, 5.41) is 9.60. The van der Waals surface area contributed by atoms with Crippen molar-refractivity contribution in [1.82, 2.24) is 0 Å². The molecule has 0 fully saturated rings. The Balaban J connectivity index is 3.36. The Hall–Kier alpha value is -2.06. The Morgan fingerprint density at radius 3 is 1.68 bits per heavy atom. The molecule has 0 heterocycles. The topological polar surface area (TPSA) is 37.3 Å². The molecule has 1 unspecified atom stereocenters. The zero-order chi connectivity index (χ0) is 24.8. The average molecular weight is 482 g/mol. The van der Waals surface area contributed by atoms with Gasteiger partial charge in [0.1, 0.15) is 0 Å². The predicted molar refractivity (Wildman–Crippen MR) is 76.8 cm³/mol. The molecule has 0 aliphatic heterocycles. The summed E-state index contributed by atoms with van der Waals surface area (Å²) in [6, 6.07) is 3.42. The molecule has 0 bridgehead atoms. The second kappa shape index (κ2) is 7.81. The van der Waals surface area contributed by atoms with Crippen LogP contribution < -0.4 is 0 Å². The molecular weight excluding hydrogens is 471 g/mol. The van der Waals surface area contributed by atoms with E-state index in [2.05, 4.69) is 0 Å². The van der Waals surface area contributed by atoms with E-state index in [-0.39, 0.29) is 5.56 Å². The Morgan fingerprint density at radius 2 is 1.26 bits per heavy atom. The standard InChI is InChI=1S/C16H11F13O2/c1-7(30)8-3-2-4-9(5-8)10(31)6-11(17,18)12(19,20)13(21,22)14(23,24)15(25,26)16(27,28)29/h2-5,10,31H,6H2,1H3. The van der Waals surface area contributed by atoms with E-state index in [0.29, 0.717) is 6.07 Å². The van der Waals surface area contributed by atoms with E-state index in [1.54, 1.807) is 0 Å². The van der Waals surface area contributed by atoms with Crippen molar-refractivity contribution in [2.45, 2.75) is 55.2 Å². The number of carbonyl (C=O) groups is 1. The maximum atomic E-state index is 13.8. The van der Waals surface area contributed by atoms with E-state index < -0.39 is 59.7 Å². The van der Waals surface area contributed by atoms with Crippen LogP contribution in [0.2, 0.25) is 0 Å². The molecule has 1 aromatic carbocycles. The van der Waals surface area contributed by atoms with Crippen LogP contribution in [0, 0.1) is 0 Å². The zero-order valence-corrected chi connectivity index (χ0v) is 14.9. The fourth-order valence-electron chi connectivity index (χ4n) is 2.26. The third kappa shape index (κ3) is 4.32. The predicted octanol–water partition coefficient (Wildman–Crippen LogP) is 6.05. The Labute approximate surface area is 164 Å². The Bertz CT molecular complexity index is 814. The first-order valence-electron chi connectivity index (χ1n) is 7.79. The highest BCUT2D eigenvalue weighted by Gasteiger charge is 2.90. The van der Waals surface area contributed by atoms with Crippen LogP contribution in [0.3, 0.4) is 0 Å². The molecule has 0 saturated carbocycles. The first kappa shape index (κ1) is 27.0. The van der Waals surface area contributed by atoms with Crippen LogP contribution in [0.25, 0.3) is 0 Å². The maximum absolute atomic E-state index is 13.8. The molecule has 0 radical (unpaired) electrons. The molecule has 1 aromatic rings. The lowest BCUT2D eigenvalue weighted by atomic mass is 9.90. The van der Waals surface area contributed by atoms with Crippen LogP contribution >= 0.6 is 0 Å². The van der Waals surface area contributed by atoms with Crippen LogP contribution in [0.1, 0.15) is 35.4 Å². The van der Waals surface area contributed by atoms with Gasteiger partial charge in [0.05, 0.1) is 6.10 Å². The summed E-state index contributed by atoms with van der Waals surface area (Å²) in [5.41, 5.74) is -1.02. The summed E-state index contributed by atoms with van der Waals surface area (Å²) < 4.78 is 170. The molecular formula is C16H11F13O2. The van der Waals surface area contributed by atoms with Crippen molar-refractivity contribution in [3.8, 4) is 0 Å². The van der Waals surface area contributed by atoms with Gasteiger partial charge < -0.3 is 5.11 Å². The molecule has 0 saturated heterocycles. The van der Waals surface area contributed by atoms with E-state index in [9.17, 15) is 67.0 Å². The van der Waals surface area contributed by atoms with Gasteiger partial charge in [-0.3, -0.25) is 4.79 Å². The minimum atomic E-state index is -8.00.